The van der Waals surface area contributed by atoms with Crippen LogP contribution in [0.15, 0.2) is 17.5 Å². The van der Waals surface area contributed by atoms with Gasteiger partial charge in [-0.3, -0.25) is 4.79 Å². The quantitative estimate of drug-likeness (QED) is 0.883. The van der Waals surface area contributed by atoms with E-state index >= 15 is 0 Å². The second kappa shape index (κ2) is 5.34. The highest BCUT2D eigenvalue weighted by Gasteiger charge is 2.18. The molecule has 3 nitrogen and oxygen atoms in total. The zero-order valence-corrected chi connectivity index (χ0v) is 12.6. The molecule has 0 spiro atoms. The van der Waals surface area contributed by atoms with Gasteiger partial charge in [0.05, 0.1) is 9.87 Å². The molecule has 1 atom stereocenters. The van der Waals surface area contributed by atoms with Crippen LogP contribution in [0.1, 0.15) is 16.6 Å². The number of rotatable bonds is 4. The van der Waals surface area contributed by atoms with Crippen LogP contribution in [0.25, 0.3) is 9.40 Å². The lowest BCUT2D eigenvalue weighted by molar-refractivity contribution is 0.0792. The lowest BCUT2D eigenvalue weighted by atomic mass is 10.1. The van der Waals surface area contributed by atoms with Crippen molar-refractivity contribution in [1.82, 2.24) is 4.90 Å². The Morgan fingerprint density at radius 3 is 2.89 bits per heavy atom. The molecular formula is C12H14N2OS3. The van der Waals surface area contributed by atoms with E-state index in [4.69, 9.17) is 18.0 Å². The molecule has 2 rings (SSSR count). The van der Waals surface area contributed by atoms with Gasteiger partial charge in [-0.2, -0.15) is 0 Å². The molecule has 0 aliphatic heterocycles. The molecule has 0 saturated heterocycles. The number of nitrogens with zero attached hydrogens (tertiary/aromatic N) is 1. The van der Waals surface area contributed by atoms with Crippen molar-refractivity contribution in [2.24, 2.45) is 11.7 Å². The average Bonchev–Trinajstić information content (AvgIpc) is 2.87. The number of thiocarbonyl (C=S) groups is 1. The van der Waals surface area contributed by atoms with Gasteiger partial charge < -0.3 is 10.6 Å². The summed E-state index contributed by atoms with van der Waals surface area (Å²) in [6, 6.07) is 3.99. The van der Waals surface area contributed by atoms with E-state index in [1.54, 1.807) is 23.3 Å². The Kier molecular flexibility index (Phi) is 3.99. The second-order valence-electron chi connectivity index (χ2n) is 4.25. The predicted octanol–water partition coefficient (Wildman–Crippen LogP) is 2.96. The van der Waals surface area contributed by atoms with Crippen molar-refractivity contribution in [3.8, 4) is 0 Å². The Balaban J connectivity index is 2.11. The number of hydrogen-bond acceptors (Lipinski definition) is 4. The molecule has 0 aliphatic carbocycles. The molecule has 1 unspecified atom stereocenters. The summed E-state index contributed by atoms with van der Waals surface area (Å²) in [7, 11) is 1.78. The zero-order valence-electron chi connectivity index (χ0n) is 10.2. The predicted molar refractivity (Wildman–Crippen MR) is 82.6 cm³/mol. The van der Waals surface area contributed by atoms with Gasteiger partial charge >= 0.3 is 0 Å². The molecular weight excluding hydrogens is 284 g/mol. The van der Waals surface area contributed by atoms with Gasteiger partial charge in [0.25, 0.3) is 5.91 Å². The Bertz CT molecular complexity index is 558. The Morgan fingerprint density at radius 2 is 2.28 bits per heavy atom. The van der Waals surface area contributed by atoms with Gasteiger partial charge in [0.15, 0.2) is 0 Å². The lowest BCUT2D eigenvalue weighted by Gasteiger charge is -2.20. The molecule has 0 aliphatic rings. The molecule has 2 heterocycles. The van der Waals surface area contributed by atoms with Crippen molar-refractivity contribution in [2.45, 2.75) is 6.92 Å². The fraction of sp³-hybridized carbons (Fsp3) is 0.333. The molecule has 2 aromatic heterocycles. The van der Waals surface area contributed by atoms with Crippen LogP contribution in [0.2, 0.25) is 0 Å². The third kappa shape index (κ3) is 2.71. The molecule has 2 aromatic rings. The monoisotopic (exact) mass is 298 g/mol. The maximum atomic E-state index is 12.2. The first-order valence-corrected chi connectivity index (χ1v) is 7.61. The third-order valence-electron chi connectivity index (χ3n) is 2.73. The molecule has 0 fully saturated rings. The molecule has 18 heavy (non-hydrogen) atoms. The number of hydrogen-bond donors (Lipinski definition) is 1. The highest BCUT2D eigenvalue weighted by Crippen LogP contribution is 2.30. The number of fused-ring (bicyclic) bond motifs is 1. The smallest absolute Gasteiger partial charge is 0.263 e. The summed E-state index contributed by atoms with van der Waals surface area (Å²) >= 11 is 8.11. The first kappa shape index (κ1) is 13.5. The van der Waals surface area contributed by atoms with Crippen LogP contribution < -0.4 is 5.73 Å². The number of nitrogens with two attached hydrogens (primary N) is 1. The van der Waals surface area contributed by atoms with E-state index in [0.717, 1.165) is 4.88 Å². The van der Waals surface area contributed by atoms with Crippen molar-refractivity contribution in [1.29, 1.82) is 0 Å². The Labute approximate surface area is 119 Å². The average molecular weight is 298 g/mol. The van der Waals surface area contributed by atoms with E-state index in [9.17, 15) is 4.79 Å². The van der Waals surface area contributed by atoms with Crippen LogP contribution in [0.5, 0.6) is 0 Å². The van der Waals surface area contributed by atoms with Crippen LogP contribution in [0, 0.1) is 5.92 Å². The van der Waals surface area contributed by atoms with E-state index in [1.165, 1.54) is 20.7 Å². The van der Waals surface area contributed by atoms with E-state index in [-0.39, 0.29) is 11.8 Å². The van der Waals surface area contributed by atoms with Gasteiger partial charge in [0, 0.05) is 28.9 Å². The minimum Gasteiger partial charge on any atom is -0.393 e. The van der Waals surface area contributed by atoms with E-state index < -0.39 is 0 Å². The Hall–Kier alpha value is -0.980. The third-order valence-corrected chi connectivity index (χ3v) is 5.21. The summed E-state index contributed by atoms with van der Waals surface area (Å²) in [5.41, 5.74) is 5.57. The van der Waals surface area contributed by atoms with E-state index in [1.807, 2.05) is 24.4 Å². The lowest BCUT2D eigenvalue weighted by Crippen LogP contribution is -2.35. The first-order chi connectivity index (χ1) is 8.49. The molecule has 0 aromatic carbocycles. The fourth-order valence-electron chi connectivity index (χ4n) is 1.64. The SMILES string of the molecule is CC(CN(C)C(=O)c1cc2sccc2s1)C(N)=S. The topological polar surface area (TPSA) is 46.3 Å². The summed E-state index contributed by atoms with van der Waals surface area (Å²) in [6.45, 7) is 2.48. The minimum atomic E-state index is 0.0338. The molecule has 96 valence electrons. The fourth-order valence-corrected chi connectivity index (χ4v) is 3.82. The van der Waals surface area contributed by atoms with Gasteiger partial charge in [0.2, 0.25) is 0 Å². The molecule has 0 saturated carbocycles. The molecule has 2 N–H and O–H groups in total. The van der Waals surface area contributed by atoms with Crippen LogP contribution in [0.3, 0.4) is 0 Å². The number of carbonyl (C=O) groups excluding carboxylic acids is 1. The van der Waals surface area contributed by atoms with Gasteiger partial charge in [-0.05, 0) is 17.5 Å². The maximum absolute atomic E-state index is 12.2. The van der Waals surface area contributed by atoms with Crippen LogP contribution >= 0.6 is 34.9 Å². The van der Waals surface area contributed by atoms with Crippen LogP contribution in [-0.4, -0.2) is 29.4 Å². The first-order valence-electron chi connectivity index (χ1n) is 5.51. The van der Waals surface area contributed by atoms with Crippen molar-refractivity contribution < 1.29 is 4.79 Å². The number of amides is 1. The van der Waals surface area contributed by atoms with Gasteiger partial charge in [-0.25, -0.2) is 0 Å². The number of thiophene rings is 2. The molecule has 0 radical (unpaired) electrons. The normalized spacial score (nSPS) is 12.6. The molecule has 0 bridgehead atoms. The standard InChI is InChI=1S/C12H14N2OS3/c1-7(11(13)16)6-14(2)12(15)10-5-9-8(18-10)3-4-17-9/h3-5,7H,6H2,1-2H3,(H2,13,16). The van der Waals surface area contributed by atoms with Gasteiger partial charge in [-0.1, -0.05) is 19.1 Å². The maximum Gasteiger partial charge on any atom is 0.263 e. The Morgan fingerprint density at radius 1 is 1.56 bits per heavy atom. The highest BCUT2D eigenvalue weighted by atomic mass is 32.1. The summed E-state index contributed by atoms with van der Waals surface area (Å²) < 4.78 is 2.33. The van der Waals surface area contributed by atoms with Gasteiger partial charge in [0.1, 0.15) is 0 Å². The minimum absolute atomic E-state index is 0.0338. The summed E-state index contributed by atoms with van der Waals surface area (Å²) in [5, 5.41) is 2.04. The van der Waals surface area contributed by atoms with E-state index in [0.29, 0.717) is 11.5 Å². The number of carbonyl (C=O) groups is 1. The van der Waals surface area contributed by atoms with Gasteiger partial charge in [-0.15, -0.1) is 22.7 Å². The highest BCUT2D eigenvalue weighted by molar-refractivity contribution is 7.80. The largest absolute Gasteiger partial charge is 0.393 e. The van der Waals surface area contributed by atoms with Crippen LogP contribution in [0.4, 0.5) is 0 Å². The van der Waals surface area contributed by atoms with Crippen molar-refractivity contribution in [3.63, 3.8) is 0 Å². The van der Waals surface area contributed by atoms with Crippen molar-refractivity contribution >= 4 is 55.2 Å². The summed E-state index contributed by atoms with van der Waals surface area (Å²) in [4.78, 5) is 15.1. The summed E-state index contributed by atoms with van der Waals surface area (Å²) in [5.74, 6) is 0.0709. The zero-order chi connectivity index (χ0) is 13.3. The van der Waals surface area contributed by atoms with Crippen LogP contribution in [-0.2, 0) is 0 Å². The van der Waals surface area contributed by atoms with Crippen molar-refractivity contribution in [3.05, 3.63) is 22.4 Å². The second-order valence-corrected chi connectivity index (χ2v) is 6.75. The summed E-state index contributed by atoms with van der Waals surface area (Å²) in [6.07, 6.45) is 0. The van der Waals surface area contributed by atoms with E-state index in [2.05, 4.69) is 0 Å². The molecule has 6 heteroatoms. The molecule has 1 amide bonds. The van der Waals surface area contributed by atoms with Crippen molar-refractivity contribution in [2.75, 3.05) is 13.6 Å².